The molecule has 3 atom stereocenters. The van der Waals surface area contributed by atoms with Crippen LogP contribution in [0.4, 0.5) is 0 Å². The number of hydrogen-bond donors (Lipinski definition) is 0. The van der Waals surface area contributed by atoms with Crippen molar-refractivity contribution in [3.63, 3.8) is 0 Å². The van der Waals surface area contributed by atoms with Crippen molar-refractivity contribution in [2.75, 3.05) is 7.05 Å². The molecule has 0 aliphatic carbocycles. The first-order chi connectivity index (χ1) is 16.7. The maximum Gasteiger partial charge on any atom is 0.324 e. The number of carbonyl (C=O) groups is 1. The highest BCUT2D eigenvalue weighted by Gasteiger charge is 2.43. The molecule has 34 heavy (non-hydrogen) atoms. The molecule has 0 radical (unpaired) electrons. The van der Waals surface area contributed by atoms with Crippen LogP contribution in [0.2, 0.25) is 0 Å². The number of esters is 1. The lowest BCUT2D eigenvalue weighted by Crippen LogP contribution is -2.49. The molecule has 5 rings (SSSR count). The van der Waals surface area contributed by atoms with E-state index in [2.05, 4.69) is 72.6 Å². The summed E-state index contributed by atoms with van der Waals surface area (Å²) < 4.78 is 12.0. The number of likely N-dealkylation sites (N-methyl/N-ethyl adjacent to an activating group) is 1. The minimum Gasteiger partial charge on any atom is -0.460 e. The van der Waals surface area contributed by atoms with Crippen molar-refractivity contribution in [1.82, 2.24) is 4.90 Å². The average Bonchev–Trinajstić information content (AvgIpc) is 3.22. The first-order valence-electron chi connectivity index (χ1n) is 12.0. The average molecular weight is 454 g/mol. The van der Waals surface area contributed by atoms with Crippen LogP contribution < -0.4 is 0 Å². The van der Waals surface area contributed by atoms with Gasteiger partial charge in [0.05, 0.1) is 18.2 Å². The third-order valence-electron chi connectivity index (χ3n) is 6.95. The zero-order chi connectivity index (χ0) is 23.3. The van der Waals surface area contributed by atoms with Gasteiger partial charge in [-0.15, -0.1) is 0 Å². The number of hydrogen-bond acceptors (Lipinski definition) is 4. The van der Waals surface area contributed by atoms with Gasteiger partial charge in [0.25, 0.3) is 0 Å². The highest BCUT2D eigenvalue weighted by molar-refractivity contribution is 5.76. The van der Waals surface area contributed by atoms with E-state index in [-0.39, 0.29) is 42.8 Å². The highest BCUT2D eigenvalue weighted by atomic mass is 16.5. The maximum atomic E-state index is 13.7. The Bertz CT molecular complexity index is 1050. The molecule has 0 spiro atoms. The summed E-state index contributed by atoms with van der Waals surface area (Å²) in [5, 5.41) is 0. The topological polar surface area (TPSA) is 38.8 Å². The van der Waals surface area contributed by atoms with Crippen LogP contribution in [0.25, 0.3) is 0 Å². The van der Waals surface area contributed by atoms with Crippen LogP contribution in [0.1, 0.15) is 35.6 Å². The van der Waals surface area contributed by atoms with Crippen LogP contribution in [0, 0.1) is 5.92 Å². The lowest BCUT2D eigenvalue weighted by atomic mass is 9.85. The zero-order valence-electron chi connectivity index (χ0n) is 19.5. The first-order valence-corrected chi connectivity index (χ1v) is 12.0. The zero-order valence-corrected chi connectivity index (χ0v) is 19.5. The van der Waals surface area contributed by atoms with Crippen molar-refractivity contribution >= 4 is 5.97 Å². The van der Waals surface area contributed by atoms with Gasteiger partial charge in [-0.25, -0.2) is 0 Å². The predicted molar refractivity (Wildman–Crippen MR) is 133 cm³/mol. The summed E-state index contributed by atoms with van der Waals surface area (Å²) in [5.41, 5.74) is 3.31. The molecule has 3 aromatic rings. The normalized spacial score (nSPS) is 22.1. The Morgan fingerprint density at radius 1 is 0.853 bits per heavy atom. The van der Waals surface area contributed by atoms with E-state index in [1.165, 1.54) is 0 Å². The number of rotatable bonds is 8. The molecule has 0 amide bonds. The number of fused-ring (bicyclic) bond motifs is 2. The molecular formula is C30H31NO3. The minimum absolute atomic E-state index is 0.0647. The Kier molecular flexibility index (Phi) is 6.89. The molecular weight excluding hydrogens is 422 g/mol. The summed E-state index contributed by atoms with van der Waals surface area (Å²) in [7, 11) is 2.06. The Balaban J connectivity index is 1.46. The van der Waals surface area contributed by atoms with Gasteiger partial charge in [-0.1, -0.05) is 103 Å². The van der Waals surface area contributed by atoms with Crippen molar-refractivity contribution in [2.24, 2.45) is 5.92 Å². The largest absolute Gasteiger partial charge is 0.460 e. The van der Waals surface area contributed by atoms with Crippen LogP contribution >= 0.6 is 0 Å². The summed E-state index contributed by atoms with van der Waals surface area (Å²) in [4.78, 5) is 15.9. The van der Waals surface area contributed by atoms with Crippen molar-refractivity contribution < 1.29 is 14.3 Å². The molecule has 0 aromatic heterocycles. The molecule has 0 N–H and O–H groups in total. The molecule has 3 aromatic carbocycles. The number of ether oxygens (including phenoxy) is 2. The van der Waals surface area contributed by atoms with Gasteiger partial charge in [-0.2, -0.15) is 0 Å². The van der Waals surface area contributed by atoms with Crippen LogP contribution in [-0.4, -0.2) is 36.2 Å². The molecule has 4 nitrogen and oxygen atoms in total. The Labute approximate surface area is 201 Å². The molecule has 2 aliphatic heterocycles. The summed E-state index contributed by atoms with van der Waals surface area (Å²) in [6, 6.07) is 30.2. The molecule has 1 saturated heterocycles. The van der Waals surface area contributed by atoms with E-state index >= 15 is 0 Å². The van der Waals surface area contributed by atoms with E-state index in [0.717, 1.165) is 29.5 Å². The fourth-order valence-electron chi connectivity index (χ4n) is 5.38. The van der Waals surface area contributed by atoms with Crippen LogP contribution in [0.5, 0.6) is 0 Å². The lowest BCUT2D eigenvalue weighted by molar-refractivity contribution is -0.156. The van der Waals surface area contributed by atoms with E-state index in [9.17, 15) is 4.79 Å². The second kappa shape index (κ2) is 10.4. The molecule has 3 unspecified atom stereocenters. The van der Waals surface area contributed by atoms with E-state index < -0.39 is 0 Å². The lowest BCUT2D eigenvalue weighted by Gasteiger charge is -2.41. The van der Waals surface area contributed by atoms with Crippen LogP contribution in [0.3, 0.4) is 0 Å². The molecule has 2 bridgehead atoms. The van der Waals surface area contributed by atoms with Crippen LogP contribution in [0.15, 0.2) is 103 Å². The number of benzene rings is 3. The van der Waals surface area contributed by atoms with Gasteiger partial charge in [-0.05, 0) is 42.5 Å². The van der Waals surface area contributed by atoms with Crippen LogP contribution in [-0.2, 0) is 20.9 Å². The van der Waals surface area contributed by atoms with Crippen molar-refractivity contribution in [1.29, 1.82) is 0 Å². The number of nitrogens with zero attached hydrogens (tertiary/aromatic N) is 1. The van der Waals surface area contributed by atoms with E-state index in [1.807, 2.05) is 42.5 Å². The van der Waals surface area contributed by atoms with Gasteiger partial charge in [0.2, 0.25) is 0 Å². The van der Waals surface area contributed by atoms with E-state index in [1.54, 1.807) is 0 Å². The van der Waals surface area contributed by atoms with Gasteiger partial charge in [0.1, 0.15) is 12.6 Å². The predicted octanol–water partition coefficient (Wildman–Crippen LogP) is 5.55. The monoisotopic (exact) mass is 453 g/mol. The molecule has 4 heteroatoms. The van der Waals surface area contributed by atoms with E-state index in [4.69, 9.17) is 9.47 Å². The second-order valence-corrected chi connectivity index (χ2v) is 9.26. The molecule has 2 aliphatic rings. The summed E-state index contributed by atoms with van der Waals surface area (Å²) >= 11 is 0. The highest BCUT2D eigenvalue weighted by Crippen LogP contribution is 2.38. The smallest absolute Gasteiger partial charge is 0.324 e. The van der Waals surface area contributed by atoms with Gasteiger partial charge >= 0.3 is 5.97 Å². The molecule has 1 fully saturated rings. The van der Waals surface area contributed by atoms with Crippen molar-refractivity contribution in [3.05, 3.63) is 120 Å². The van der Waals surface area contributed by atoms with Crippen molar-refractivity contribution in [2.45, 2.75) is 43.7 Å². The Morgan fingerprint density at radius 2 is 1.35 bits per heavy atom. The third kappa shape index (κ3) is 4.98. The minimum atomic E-state index is -0.386. The molecule has 0 saturated carbocycles. The maximum absolute atomic E-state index is 13.7. The fraction of sp³-hybridized carbons (Fsp3) is 0.300. The Morgan fingerprint density at radius 3 is 1.88 bits per heavy atom. The van der Waals surface area contributed by atoms with Gasteiger partial charge in [-0.3, -0.25) is 9.69 Å². The quantitative estimate of drug-likeness (QED) is 0.331. The fourth-order valence-corrected chi connectivity index (χ4v) is 5.38. The van der Waals surface area contributed by atoms with E-state index in [0.29, 0.717) is 0 Å². The first kappa shape index (κ1) is 22.6. The second-order valence-electron chi connectivity index (χ2n) is 9.26. The number of carbonyl (C=O) groups excluding carboxylic acids is 1. The van der Waals surface area contributed by atoms with Gasteiger partial charge in [0.15, 0.2) is 0 Å². The third-order valence-corrected chi connectivity index (χ3v) is 6.95. The van der Waals surface area contributed by atoms with Gasteiger partial charge < -0.3 is 9.47 Å². The SMILES string of the molecule is CN(C(c1ccccc1)c1ccccc1)C(C(=O)OCc1ccccc1)C1CC2C=CC(C1)O2. The summed E-state index contributed by atoms with van der Waals surface area (Å²) in [5.74, 6) is -0.0311. The van der Waals surface area contributed by atoms with Gasteiger partial charge in [0, 0.05) is 0 Å². The Hall–Kier alpha value is -3.21. The molecule has 174 valence electrons. The summed E-state index contributed by atoms with van der Waals surface area (Å²) in [6.07, 6.45) is 6.07. The van der Waals surface area contributed by atoms with Crippen molar-refractivity contribution in [3.8, 4) is 0 Å². The standard InChI is InChI=1S/C30H31NO3/c1-31(28(23-13-7-3-8-14-23)24-15-9-4-10-16-24)29(25-19-26-17-18-27(20-25)34-26)30(32)33-21-22-11-5-2-6-12-22/h2-18,25-29H,19-21H2,1H3. The molecule has 2 heterocycles. The summed E-state index contributed by atoms with van der Waals surface area (Å²) in [6.45, 7) is 0.277.